The van der Waals surface area contributed by atoms with Crippen LogP contribution < -0.4 is 4.90 Å². The first-order chi connectivity index (χ1) is 9.50. The minimum Gasteiger partial charge on any atom is -0.296 e. The van der Waals surface area contributed by atoms with Crippen molar-refractivity contribution < 1.29 is 4.79 Å². The molecule has 1 spiro atoms. The normalized spacial score (nSPS) is 30.2. The fourth-order valence-corrected chi connectivity index (χ4v) is 4.97. The highest BCUT2D eigenvalue weighted by Crippen LogP contribution is 2.50. The van der Waals surface area contributed by atoms with Crippen LogP contribution in [0.2, 0.25) is 0 Å². The zero-order valence-corrected chi connectivity index (χ0v) is 13.4. The van der Waals surface area contributed by atoms with E-state index in [1.54, 1.807) is 0 Å². The van der Waals surface area contributed by atoms with Crippen molar-refractivity contribution in [2.24, 2.45) is 5.92 Å². The molecule has 1 aromatic rings. The number of benzene rings is 1. The first kappa shape index (κ1) is 14.0. The molecule has 1 heterocycles. The van der Waals surface area contributed by atoms with Gasteiger partial charge >= 0.3 is 0 Å². The van der Waals surface area contributed by atoms with Crippen molar-refractivity contribution in [2.45, 2.75) is 51.3 Å². The van der Waals surface area contributed by atoms with Crippen molar-refractivity contribution in [3.63, 3.8) is 0 Å². The topological polar surface area (TPSA) is 20.3 Å². The number of amides is 1. The fraction of sp³-hybridized carbons (Fsp3) is 0.588. The van der Waals surface area contributed by atoms with Crippen LogP contribution in [0, 0.1) is 19.8 Å². The Morgan fingerprint density at radius 3 is 2.35 bits per heavy atom. The lowest BCUT2D eigenvalue weighted by Crippen LogP contribution is -2.46. The minimum atomic E-state index is 0.0316. The van der Waals surface area contributed by atoms with Gasteiger partial charge in [0.15, 0.2) is 0 Å². The number of hydrogen-bond donors (Lipinski definition) is 0. The van der Waals surface area contributed by atoms with Crippen LogP contribution in [-0.2, 0) is 4.79 Å². The summed E-state index contributed by atoms with van der Waals surface area (Å²) in [6, 6.07) is 6.50. The van der Waals surface area contributed by atoms with E-state index in [-0.39, 0.29) is 10.8 Å². The van der Waals surface area contributed by atoms with Gasteiger partial charge in [0, 0.05) is 5.69 Å². The van der Waals surface area contributed by atoms with Crippen LogP contribution in [-0.4, -0.2) is 16.5 Å². The Labute approximate surface area is 125 Å². The first-order valence-electron chi connectivity index (χ1n) is 7.55. The van der Waals surface area contributed by atoms with Gasteiger partial charge in [0.25, 0.3) is 0 Å². The van der Waals surface area contributed by atoms with E-state index in [4.69, 9.17) is 0 Å². The van der Waals surface area contributed by atoms with Gasteiger partial charge in [-0.25, -0.2) is 0 Å². The highest BCUT2D eigenvalue weighted by Gasteiger charge is 2.48. The van der Waals surface area contributed by atoms with E-state index in [9.17, 15) is 4.79 Å². The predicted octanol–water partition coefficient (Wildman–Crippen LogP) is 4.29. The van der Waals surface area contributed by atoms with Gasteiger partial charge in [0.2, 0.25) is 5.91 Å². The largest absolute Gasteiger partial charge is 0.296 e. The van der Waals surface area contributed by atoms with Crippen molar-refractivity contribution >= 4 is 23.4 Å². The standard InChI is InChI=1S/C17H23NOS/c1-12-4-6-17(7-5-12)18(16(19)11-20-17)15-9-13(2)8-14(3)10-15/h8-10,12H,4-7,11H2,1-3H3. The highest BCUT2D eigenvalue weighted by molar-refractivity contribution is 8.02. The van der Waals surface area contributed by atoms with E-state index in [0.29, 0.717) is 5.75 Å². The Hall–Kier alpha value is -0.960. The summed E-state index contributed by atoms with van der Waals surface area (Å²) < 4.78 is 0. The molecule has 1 aromatic carbocycles. The molecule has 0 unspecified atom stereocenters. The maximum Gasteiger partial charge on any atom is 0.238 e. The third kappa shape index (κ3) is 2.37. The van der Waals surface area contributed by atoms with E-state index in [2.05, 4.69) is 43.9 Å². The highest BCUT2D eigenvalue weighted by atomic mass is 32.2. The second-order valence-electron chi connectivity index (χ2n) is 6.49. The number of thioether (sulfide) groups is 1. The van der Waals surface area contributed by atoms with Crippen molar-refractivity contribution in [3.8, 4) is 0 Å². The molecule has 3 rings (SSSR count). The Bertz CT molecular complexity index is 512. The van der Waals surface area contributed by atoms with Crippen molar-refractivity contribution in [1.82, 2.24) is 0 Å². The first-order valence-corrected chi connectivity index (χ1v) is 8.54. The zero-order chi connectivity index (χ0) is 14.3. The third-order valence-electron chi connectivity index (χ3n) is 4.64. The number of anilines is 1. The summed E-state index contributed by atoms with van der Waals surface area (Å²) in [5.41, 5.74) is 3.58. The minimum absolute atomic E-state index is 0.0316. The molecule has 2 fully saturated rings. The zero-order valence-electron chi connectivity index (χ0n) is 12.6. The molecule has 108 valence electrons. The SMILES string of the molecule is Cc1cc(C)cc(N2C(=O)CSC23CCC(C)CC3)c1. The number of rotatable bonds is 1. The number of aryl methyl sites for hydroxylation is 2. The van der Waals surface area contributed by atoms with Crippen LogP contribution in [0.3, 0.4) is 0 Å². The molecule has 1 saturated heterocycles. The van der Waals surface area contributed by atoms with Crippen molar-refractivity contribution in [2.75, 3.05) is 10.7 Å². The summed E-state index contributed by atoms with van der Waals surface area (Å²) >= 11 is 1.87. The average Bonchev–Trinajstić information content (AvgIpc) is 2.69. The molecule has 0 bridgehead atoms. The van der Waals surface area contributed by atoms with E-state index >= 15 is 0 Å². The molecule has 0 aromatic heterocycles. The molecule has 0 radical (unpaired) electrons. The maximum absolute atomic E-state index is 12.5. The molecule has 1 amide bonds. The Morgan fingerprint density at radius 1 is 1.15 bits per heavy atom. The monoisotopic (exact) mass is 289 g/mol. The predicted molar refractivity (Wildman–Crippen MR) is 86.2 cm³/mol. The second-order valence-corrected chi connectivity index (χ2v) is 7.83. The van der Waals surface area contributed by atoms with E-state index in [1.807, 2.05) is 11.8 Å². The molecule has 1 saturated carbocycles. The third-order valence-corrected chi connectivity index (χ3v) is 6.16. The average molecular weight is 289 g/mol. The van der Waals surface area contributed by atoms with Gasteiger partial charge in [-0.1, -0.05) is 13.0 Å². The van der Waals surface area contributed by atoms with E-state index < -0.39 is 0 Å². The van der Waals surface area contributed by atoms with Crippen LogP contribution in [0.25, 0.3) is 0 Å². The molecule has 0 N–H and O–H groups in total. The van der Waals surface area contributed by atoms with Gasteiger partial charge in [-0.05, 0) is 68.7 Å². The molecule has 0 atom stereocenters. The van der Waals surface area contributed by atoms with Crippen LogP contribution in [0.15, 0.2) is 18.2 Å². The van der Waals surface area contributed by atoms with E-state index in [0.717, 1.165) is 24.4 Å². The van der Waals surface area contributed by atoms with Gasteiger partial charge in [0.05, 0.1) is 10.6 Å². The van der Waals surface area contributed by atoms with Crippen molar-refractivity contribution in [3.05, 3.63) is 29.3 Å². The smallest absolute Gasteiger partial charge is 0.238 e. The van der Waals surface area contributed by atoms with Gasteiger partial charge in [-0.3, -0.25) is 9.69 Å². The van der Waals surface area contributed by atoms with Gasteiger partial charge < -0.3 is 0 Å². The summed E-state index contributed by atoms with van der Waals surface area (Å²) in [5, 5.41) is 0. The molecule has 1 aliphatic heterocycles. The molecule has 2 aliphatic rings. The maximum atomic E-state index is 12.5. The van der Waals surface area contributed by atoms with Crippen LogP contribution in [0.1, 0.15) is 43.7 Å². The Balaban J connectivity index is 1.98. The molecule has 3 heteroatoms. The lowest BCUT2D eigenvalue weighted by atomic mass is 9.85. The quantitative estimate of drug-likeness (QED) is 0.768. The van der Waals surface area contributed by atoms with E-state index in [1.165, 1.54) is 24.0 Å². The van der Waals surface area contributed by atoms with Crippen molar-refractivity contribution in [1.29, 1.82) is 0 Å². The number of carbonyl (C=O) groups is 1. The molecular weight excluding hydrogens is 266 g/mol. The van der Waals surface area contributed by atoms with Crippen LogP contribution >= 0.6 is 11.8 Å². The second kappa shape index (κ2) is 5.10. The number of hydrogen-bond acceptors (Lipinski definition) is 2. The van der Waals surface area contributed by atoms with Gasteiger partial charge in [-0.15, -0.1) is 11.8 Å². The summed E-state index contributed by atoms with van der Waals surface area (Å²) in [7, 11) is 0. The number of carbonyl (C=O) groups excluding carboxylic acids is 1. The van der Waals surface area contributed by atoms with Crippen LogP contribution in [0.4, 0.5) is 5.69 Å². The van der Waals surface area contributed by atoms with Gasteiger partial charge in [-0.2, -0.15) is 0 Å². The Kier molecular flexibility index (Phi) is 3.57. The molecular formula is C17H23NOS. The summed E-state index contributed by atoms with van der Waals surface area (Å²) in [6.45, 7) is 6.55. The summed E-state index contributed by atoms with van der Waals surface area (Å²) in [4.78, 5) is 14.6. The molecule has 1 aliphatic carbocycles. The lowest BCUT2D eigenvalue weighted by molar-refractivity contribution is -0.116. The van der Waals surface area contributed by atoms with Crippen LogP contribution in [0.5, 0.6) is 0 Å². The lowest BCUT2D eigenvalue weighted by Gasteiger charge is -2.42. The molecule has 2 nitrogen and oxygen atoms in total. The summed E-state index contributed by atoms with van der Waals surface area (Å²) in [6.07, 6.45) is 4.75. The number of nitrogens with zero attached hydrogens (tertiary/aromatic N) is 1. The Morgan fingerprint density at radius 2 is 1.75 bits per heavy atom. The summed E-state index contributed by atoms with van der Waals surface area (Å²) in [5.74, 6) is 1.73. The fourth-order valence-electron chi connectivity index (χ4n) is 3.59. The molecule has 20 heavy (non-hydrogen) atoms. The van der Waals surface area contributed by atoms with Gasteiger partial charge in [0.1, 0.15) is 0 Å².